The van der Waals surface area contributed by atoms with Crippen molar-refractivity contribution in [3.8, 4) is 0 Å². The van der Waals surface area contributed by atoms with E-state index < -0.39 is 0 Å². The summed E-state index contributed by atoms with van der Waals surface area (Å²) >= 11 is 0. The first-order valence-electron chi connectivity index (χ1n) is 6.83. The summed E-state index contributed by atoms with van der Waals surface area (Å²) in [5, 5.41) is 0. The molecular formula is C16H18N4. The predicted molar refractivity (Wildman–Crippen MR) is 82.4 cm³/mol. The van der Waals surface area contributed by atoms with Crippen molar-refractivity contribution in [3.05, 3.63) is 48.3 Å². The Kier molecular flexibility index (Phi) is 3.14. The van der Waals surface area contributed by atoms with E-state index in [1.807, 2.05) is 48.9 Å². The molecule has 0 saturated heterocycles. The van der Waals surface area contributed by atoms with Crippen molar-refractivity contribution in [3.63, 3.8) is 0 Å². The summed E-state index contributed by atoms with van der Waals surface area (Å²) in [7, 11) is 2.00. The topological polar surface area (TPSA) is 34.0 Å². The van der Waals surface area contributed by atoms with Gasteiger partial charge in [-0.15, -0.1) is 0 Å². The van der Waals surface area contributed by atoms with Gasteiger partial charge in [0.25, 0.3) is 0 Å². The third-order valence-electron chi connectivity index (χ3n) is 3.59. The maximum absolute atomic E-state index is 4.77. The molecule has 0 aliphatic carbocycles. The first-order chi connectivity index (χ1) is 9.70. The van der Waals surface area contributed by atoms with Gasteiger partial charge in [0.15, 0.2) is 5.65 Å². The molecule has 20 heavy (non-hydrogen) atoms. The van der Waals surface area contributed by atoms with Crippen LogP contribution in [0.4, 0.5) is 11.5 Å². The van der Waals surface area contributed by atoms with Gasteiger partial charge in [0.1, 0.15) is 17.2 Å². The molecule has 0 atom stereocenters. The number of aryl methyl sites for hydroxylation is 2. The number of rotatable bonds is 3. The number of hydrogen-bond acceptors (Lipinski definition) is 3. The predicted octanol–water partition coefficient (Wildman–Crippen LogP) is 3.43. The molecule has 0 spiro atoms. The molecular weight excluding hydrogens is 248 g/mol. The average Bonchev–Trinajstić information content (AvgIpc) is 2.76. The highest BCUT2D eigenvalue weighted by molar-refractivity contribution is 5.75. The minimum Gasteiger partial charge on any atom is -0.327 e. The number of imidazole rings is 1. The number of benzene rings is 1. The van der Waals surface area contributed by atoms with E-state index in [4.69, 9.17) is 4.98 Å². The first kappa shape index (κ1) is 12.7. The lowest BCUT2D eigenvalue weighted by molar-refractivity contribution is 0.871. The van der Waals surface area contributed by atoms with E-state index in [2.05, 4.69) is 28.9 Å². The second-order valence-electron chi connectivity index (χ2n) is 4.81. The molecule has 0 N–H and O–H groups in total. The quantitative estimate of drug-likeness (QED) is 0.728. The zero-order valence-corrected chi connectivity index (χ0v) is 12.0. The third kappa shape index (κ3) is 2.03. The minimum atomic E-state index is 0.874. The van der Waals surface area contributed by atoms with Crippen molar-refractivity contribution >= 4 is 22.7 Å². The Bertz CT molecular complexity index is 731. The minimum absolute atomic E-state index is 0.874. The van der Waals surface area contributed by atoms with Crippen LogP contribution < -0.4 is 4.90 Å². The first-order valence-corrected chi connectivity index (χ1v) is 6.83. The lowest BCUT2D eigenvalue weighted by atomic mass is 10.2. The Balaban J connectivity index is 2.10. The lowest BCUT2D eigenvalue weighted by Gasteiger charge is -2.22. The number of anilines is 2. The Hall–Kier alpha value is -2.36. The normalized spacial score (nSPS) is 10.9. The van der Waals surface area contributed by atoms with Gasteiger partial charge in [0, 0.05) is 19.3 Å². The second kappa shape index (κ2) is 4.96. The third-order valence-corrected chi connectivity index (χ3v) is 3.59. The highest BCUT2D eigenvalue weighted by atomic mass is 15.2. The summed E-state index contributed by atoms with van der Waals surface area (Å²) in [6.07, 6.45) is 0. The van der Waals surface area contributed by atoms with Crippen LogP contribution in [0.5, 0.6) is 0 Å². The number of nitrogens with zero attached hydrogens (tertiary/aromatic N) is 4. The Labute approximate surface area is 118 Å². The Morgan fingerprint density at radius 1 is 1.05 bits per heavy atom. The van der Waals surface area contributed by atoms with Crippen molar-refractivity contribution in [1.29, 1.82) is 0 Å². The maximum atomic E-state index is 4.77. The fraction of sp³-hybridized carbons (Fsp3) is 0.250. The van der Waals surface area contributed by atoms with Crippen molar-refractivity contribution in [1.82, 2.24) is 14.5 Å². The fourth-order valence-corrected chi connectivity index (χ4v) is 2.40. The molecule has 4 nitrogen and oxygen atoms in total. The molecule has 0 bridgehead atoms. The molecule has 0 unspecified atom stereocenters. The van der Waals surface area contributed by atoms with Gasteiger partial charge in [-0.25, -0.2) is 9.97 Å². The molecule has 3 aromatic rings. The van der Waals surface area contributed by atoms with E-state index in [0.29, 0.717) is 0 Å². The SMILES string of the molecule is CCN(c1ccccc1)c1ccc2nc(C)n(C)c2n1. The molecule has 102 valence electrons. The van der Waals surface area contributed by atoms with Gasteiger partial charge in [-0.1, -0.05) is 18.2 Å². The van der Waals surface area contributed by atoms with Crippen LogP contribution in [0.1, 0.15) is 12.7 Å². The smallest absolute Gasteiger partial charge is 0.162 e. The van der Waals surface area contributed by atoms with Crippen LogP contribution >= 0.6 is 0 Å². The second-order valence-corrected chi connectivity index (χ2v) is 4.81. The number of hydrogen-bond donors (Lipinski definition) is 0. The summed E-state index contributed by atoms with van der Waals surface area (Å²) in [5.74, 6) is 1.93. The van der Waals surface area contributed by atoms with Crippen LogP contribution in [0.3, 0.4) is 0 Å². The van der Waals surface area contributed by atoms with Gasteiger partial charge in [0.2, 0.25) is 0 Å². The number of fused-ring (bicyclic) bond motifs is 1. The molecule has 0 saturated carbocycles. The fourth-order valence-electron chi connectivity index (χ4n) is 2.40. The molecule has 0 aliphatic heterocycles. The number of pyridine rings is 1. The van der Waals surface area contributed by atoms with Crippen LogP contribution in [-0.2, 0) is 7.05 Å². The Morgan fingerprint density at radius 3 is 2.50 bits per heavy atom. The summed E-state index contributed by atoms with van der Waals surface area (Å²) in [4.78, 5) is 11.5. The molecule has 1 aromatic carbocycles. The maximum Gasteiger partial charge on any atom is 0.162 e. The lowest BCUT2D eigenvalue weighted by Crippen LogP contribution is -2.17. The van der Waals surface area contributed by atoms with Crippen molar-refractivity contribution in [2.24, 2.45) is 7.05 Å². The van der Waals surface area contributed by atoms with Gasteiger partial charge >= 0.3 is 0 Å². The van der Waals surface area contributed by atoms with Gasteiger partial charge in [-0.3, -0.25) is 0 Å². The molecule has 3 rings (SSSR count). The van der Waals surface area contributed by atoms with E-state index in [-0.39, 0.29) is 0 Å². The van der Waals surface area contributed by atoms with Crippen LogP contribution in [0, 0.1) is 6.92 Å². The standard InChI is InChI=1S/C16H18N4/c1-4-20(13-8-6-5-7-9-13)15-11-10-14-16(18-15)19(3)12(2)17-14/h5-11H,4H2,1-3H3. The van der Waals surface area contributed by atoms with Crippen LogP contribution in [-0.4, -0.2) is 21.1 Å². The van der Waals surface area contributed by atoms with E-state index in [1.165, 1.54) is 0 Å². The Morgan fingerprint density at radius 2 is 1.80 bits per heavy atom. The van der Waals surface area contributed by atoms with E-state index in [1.54, 1.807) is 0 Å². The molecule has 4 heteroatoms. The average molecular weight is 266 g/mol. The van der Waals surface area contributed by atoms with Gasteiger partial charge < -0.3 is 9.47 Å². The van der Waals surface area contributed by atoms with Gasteiger partial charge in [-0.05, 0) is 38.1 Å². The summed E-state index contributed by atoms with van der Waals surface area (Å²) in [6, 6.07) is 14.4. The molecule has 0 fully saturated rings. The zero-order valence-electron chi connectivity index (χ0n) is 12.0. The summed E-state index contributed by atoms with van der Waals surface area (Å²) in [6.45, 7) is 5.00. The largest absolute Gasteiger partial charge is 0.327 e. The highest BCUT2D eigenvalue weighted by Gasteiger charge is 2.11. The van der Waals surface area contributed by atoms with Crippen LogP contribution in [0.15, 0.2) is 42.5 Å². The van der Waals surface area contributed by atoms with E-state index >= 15 is 0 Å². The molecule has 0 aliphatic rings. The van der Waals surface area contributed by atoms with E-state index in [0.717, 1.165) is 35.0 Å². The van der Waals surface area contributed by atoms with Crippen LogP contribution in [0.25, 0.3) is 11.2 Å². The molecule has 0 amide bonds. The van der Waals surface area contributed by atoms with Crippen molar-refractivity contribution < 1.29 is 0 Å². The summed E-state index contributed by atoms with van der Waals surface area (Å²) in [5.41, 5.74) is 3.02. The molecule has 2 aromatic heterocycles. The van der Waals surface area contributed by atoms with Gasteiger partial charge in [0.05, 0.1) is 0 Å². The van der Waals surface area contributed by atoms with Crippen LogP contribution in [0.2, 0.25) is 0 Å². The van der Waals surface area contributed by atoms with E-state index in [9.17, 15) is 0 Å². The molecule has 2 heterocycles. The monoisotopic (exact) mass is 266 g/mol. The highest BCUT2D eigenvalue weighted by Crippen LogP contribution is 2.25. The number of aromatic nitrogens is 3. The zero-order chi connectivity index (χ0) is 14.1. The van der Waals surface area contributed by atoms with Gasteiger partial charge in [-0.2, -0.15) is 0 Å². The van der Waals surface area contributed by atoms with Crippen molar-refractivity contribution in [2.75, 3.05) is 11.4 Å². The van der Waals surface area contributed by atoms with Crippen molar-refractivity contribution in [2.45, 2.75) is 13.8 Å². The molecule has 0 radical (unpaired) electrons. The number of para-hydroxylation sites is 1. The summed E-state index contributed by atoms with van der Waals surface area (Å²) < 4.78 is 2.03.